The average molecular weight is 413 g/mol. The molecule has 5 nitrogen and oxygen atoms in total. The molecular weight excluding hydrogens is 398 g/mol. The molecule has 0 fully saturated rings. The van der Waals surface area contributed by atoms with Crippen LogP contribution >= 0.6 is 15.9 Å². The lowest BCUT2D eigenvalue weighted by Gasteiger charge is -2.10. The molecule has 132 valence electrons. The standard InChI is InChI=1S/C20H16BrNO4/c1-25-18-9-12(16(21)11-19(18)26-2)7-8-13-10-15(20(23)24)14-5-3-4-6-17(14)22-13/h3-11H,1-2H3,(H,23,24)/p-1/b8-7+. The molecule has 0 amide bonds. The number of rotatable bonds is 5. The van der Waals surface area contributed by atoms with Crippen molar-refractivity contribution >= 4 is 45.0 Å². The zero-order valence-electron chi connectivity index (χ0n) is 14.2. The number of hydrogen-bond donors (Lipinski definition) is 0. The number of halogens is 1. The van der Waals surface area contributed by atoms with Gasteiger partial charge in [-0.15, -0.1) is 0 Å². The Morgan fingerprint density at radius 1 is 1.08 bits per heavy atom. The second-order valence-electron chi connectivity index (χ2n) is 5.46. The molecule has 0 unspecified atom stereocenters. The SMILES string of the molecule is COc1cc(Br)c(/C=C/c2cc(C(=O)[O-])c3ccccc3n2)cc1OC. The van der Waals surface area contributed by atoms with Crippen LogP contribution in [-0.2, 0) is 0 Å². The number of aromatic carboxylic acids is 1. The number of carbonyl (C=O) groups is 1. The van der Waals surface area contributed by atoms with Gasteiger partial charge in [0.25, 0.3) is 0 Å². The molecule has 0 saturated heterocycles. The number of ether oxygens (including phenoxy) is 2. The molecule has 6 heteroatoms. The second-order valence-corrected chi connectivity index (χ2v) is 6.32. The Labute approximate surface area is 159 Å². The third kappa shape index (κ3) is 3.55. The maximum atomic E-state index is 11.4. The van der Waals surface area contributed by atoms with Crippen LogP contribution in [-0.4, -0.2) is 25.2 Å². The first-order chi connectivity index (χ1) is 12.5. The van der Waals surface area contributed by atoms with Gasteiger partial charge in [0.1, 0.15) is 0 Å². The molecule has 3 rings (SSSR count). The molecule has 0 N–H and O–H groups in total. The molecule has 26 heavy (non-hydrogen) atoms. The van der Waals surface area contributed by atoms with Gasteiger partial charge in [-0.1, -0.05) is 40.2 Å². The molecule has 3 aromatic rings. The third-order valence-electron chi connectivity index (χ3n) is 3.89. The van der Waals surface area contributed by atoms with Crippen LogP contribution in [0.15, 0.2) is 46.9 Å². The lowest BCUT2D eigenvalue weighted by Crippen LogP contribution is -2.22. The van der Waals surface area contributed by atoms with Gasteiger partial charge in [0, 0.05) is 15.4 Å². The summed E-state index contributed by atoms with van der Waals surface area (Å²) >= 11 is 3.49. The molecular formula is C20H15BrNO4-. The third-order valence-corrected chi connectivity index (χ3v) is 4.58. The Bertz CT molecular complexity index is 1010. The minimum atomic E-state index is -1.23. The molecule has 0 atom stereocenters. The van der Waals surface area contributed by atoms with Gasteiger partial charge >= 0.3 is 0 Å². The van der Waals surface area contributed by atoms with Gasteiger partial charge in [0.2, 0.25) is 0 Å². The van der Waals surface area contributed by atoms with Gasteiger partial charge in [-0.05, 0) is 35.9 Å². The molecule has 2 aromatic carbocycles. The molecule has 1 aromatic heterocycles. The zero-order valence-corrected chi connectivity index (χ0v) is 15.7. The molecule has 0 saturated carbocycles. The van der Waals surface area contributed by atoms with Crippen LogP contribution in [0.5, 0.6) is 11.5 Å². The number of hydrogen-bond acceptors (Lipinski definition) is 5. The lowest BCUT2D eigenvalue weighted by atomic mass is 10.1. The Balaban J connectivity index is 2.05. The van der Waals surface area contributed by atoms with E-state index >= 15 is 0 Å². The fourth-order valence-electron chi connectivity index (χ4n) is 2.62. The predicted octanol–water partition coefficient (Wildman–Crippen LogP) is 3.55. The van der Waals surface area contributed by atoms with E-state index in [1.54, 1.807) is 44.6 Å². The summed E-state index contributed by atoms with van der Waals surface area (Å²) in [6.07, 6.45) is 3.56. The van der Waals surface area contributed by atoms with Gasteiger partial charge in [0.15, 0.2) is 11.5 Å². The van der Waals surface area contributed by atoms with E-state index in [9.17, 15) is 9.90 Å². The first kappa shape index (κ1) is 17.9. The summed E-state index contributed by atoms with van der Waals surface area (Å²) in [5, 5.41) is 12.0. The summed E-state index contributed by atoms with van der Waals surface area (Å²) in [4.78, 5) is 15.9. The highest BCUT2D eigenvalue weighted by Gasteiger charge is 2.09. The van der Waals surface area contributed by atoms with E-state index in [1.807, 2.05) is 18.2 Å². The predicted molar refractivity (Wildman–Crippen MR) is 102 cm³/mol. The summed E-state index contributed by atoms with van der Waals surface area (Å²) in [5.74, 6) is -0.0256. The van der Waals surface area contributed by atoms with E-state index in [0.717, 1.165) is 10.0 Å². The van der Waals surface area contributed by atoms with E-state index in [2.05, 4.69) is 20.9 Å². The summed E-state index contributed by atoms with van der Waals surface area (Å²) < 4.78 is 11.4. The van der Waals surface area contributed by atoms with Crippen molar-refractivity contribution in [1.82, 2.24) is 4.98 Å². The number of carbonyl (C=O) groups excluding carboxylic acids is 1. The molecule has 0 bridgehead atoms. The van der Waals surface area contributed by atoms with Gasteiger partial charge in [-0.3, -0.25) is 0 Å². The van der Waals surface area contributed by atoms with E-state index in [4.69, 9.17) is 9.47 Å². The number of nitrogens with zero attached hydrogens (tertiary/aromatic N) is 1. The number of fused-ring (bicyclic) bond motifs is 1. The van der Waals surface area contributed by atoms with E-state index < -0.39 is 5.97 Å². The summed E-state index contributed by atoms with van der Waals surface area (Å²) in [7, 11) is 3.14. The molecule has 0 aliphatic heterocycles. The monoisotopic (exact) mass is 412 g/mol. The molecule has 0 aliphatic carbocycles. The fourth-order valence-corrected chi connectivity index (χ4v) is 3.08. The maximum absolute atomic E-state index is 11.4. The number of methoxy groups -OCH3 is 2. The van der Waals surface area contributed by atoms with Gasteiger partial charge in [-0.2, -0.15) is 0 Å². The number of pyridine rings is 1. The van der Waals surface area contributed by atoms with E-state index in [1.165, 1.54) is 6.07 Å². The highest BCUT2D eigenvalue weighted by Crippen LogP contribution is 2.34. The smallest absolute Gasteiger partial charge is 0.161 e. The van der Waals surface area contributed by atoms with Crippen molar-refractivity contribution in [2.24, 2.45) is 0 Å². The van der Waals surface area contributed by atoms with Crippen molar-refractivity contribution in [2.75, 3.05) is 14.2 Å². The van der Waals surface area contributed by atoms with E-state index in [-0.39, 0.29) is 5.56 Å². The van der Waals surface area contributed by atoms with Crippen molar-refractivity contribution in [3.8, 4) is 11.5 Å². The summed E-state index contributed by atoms with van der Waals surface area (Å²) in [6.45, 7) is 0. The van der Waals surface area contributed by atoms with Crippen LogP contribution in [0, 0.1) is 0 Å². The lowest BCUT2D eigenvalue weighted by molar-refractivity contribution is -0.254. The second kappa shape index (κ2) is 7.58. The van der Waals surface area contributed by atoms with Crippen LogP contribution in [0.1, 0.15) is 21.6 Å². The maximum Gasteiger partial charge on any atom is 0.161 e. The Kier molecular flexibility index (Phi) is 5.23. The molecule has 0 spiro atoms. The topological polar surface area (TPSA) is 71.5 Å². The summed E-state index contributed by atoms with van der Waals surface area (Å²) in [5.41, 5.74) is 2.07. The quantitative estimate of drug-likeness (QED) is 0.640. The minimum absolute atomic E-state index is 0.113. The summed E-state index contributed by atoms with van der Waals surface area (Å²) in [6, 6.07) is 12.2. The number of aromatic nitrogens is 1. The average Bonchev–Trinajstić information content (AvgIpc) is 2.65. The number of benzene rings is 2. The van der Waals surface area contributed by atoms with Gasteiger partial charge in [-0.25, -0.2) is 4.98 Å². The number of para-hydroxylation sites is 1. The first-order valence-corrected chi connectivity index (χ1v) is 8.53. The highest BCUT2D eigenvalue weighted by molar-refractivity contribution is 9.10. The normalized spacial score (nSPS) is 11.0. The van der Waals surface area contributed by atoms with Crippen LogP contribution in [0.4, 0.5) is 0 Å². The van der Waals surface area contributed by atoms with Crippen molar-refractivity contribution in [2.45, 2.75) is 0 Å². The van der Waals surface area contributed by atoms with Gasteiger partial charge in [0.05, 0.1) is 31.4 Å². The number of carboxylic acid groups (broad SMARTS) is 1. The fraction of sp³-hybridized carbons (Fsp3) is 0.100. The Morgan fingerprint density at radius 2 is 1.77 bits per heavy atom. The van der Waals surface area contributed by atoms with Gasteiger partial charge < -0.3 is 19.4 Å². The zero-order chi connectivity index (χ0) is 18.7. The van der Waals surface area contributed by atoms with Crippen LogP contribution in [0.2, 0.25) is 0 Å². The number of carboxylic acids is 1. The van der Waals surface area contributed by atoms with Crippen molar-refractivity contribution < 1.29 is 19.4 Å². The molecule has 1 heterocycles. The Morgan fingerprint density at radius 3 is 2.46 bits per heavy atom. The minimum Gasteiger partial charge on any atom is -0.545 e. The molecule has 0 aliphatic rings. The van der Waals surface area contributed by atoms with Crippen LogP contribution in [0.25, 0.3) is 23.1 Å². The van der Waals surface area contributed by atoms with Crippen molar-refractivity contribution in [3.05, 3.63) is 63.8 Å². The first-order valence-electron chi connectivity index (χ1n) is 7.74. The highest BCUT2D eigenvalue weighted by atomic mass is 79.9. The molecule has 0 radical (unpaired) electrons. The van der Waals surface area contributed by atoms with E-state index in [0.29, 0.717) is 28.1 Å². The van der Waals surface area contributed by atoms with Crippen molar-refractivity contribution in [1.29, 1.82) is 0 Å². The Hall–Kier alpha value is -2.86. The van der Waals surface area contributed by atoms with Crippen LogP contribution < -0.4 is 14.6 Å². The van der Waals surface area contributed by atoms with Crippen LogP contribution in [0.3, 0.4) is 0 Å². The van der Waals surface area contributed by atoms with Crippen molar-refractivity contribution in [3.63, 3.8) is 0 Å². The largest absolute Gasteiger partial charge is 0.545 e.